The standard InChI is InChI=1S/C14H23FN4S/c1-3-7-16-14-17-9-12(15)13(19-14)18-10-5-6-11(8-10)20-4-2/h9-11H,3-8H2,1-2H3,(H2,16,17,18,19). The van der Waals surface area contributed by atoms with Gasteiger partial charge in [-0.3, -0.25) is 0 Å². The fourth-order valence-corrected chi connectivity index (χ4v) is 3.58. The highest BCUT2D eigenvalue weighted by Crippen LogP contribution is 2.31. The zero-order chi connectivity index (χ0) is 14.4. The fraction of sp³-hybridized carbons (Fsp3) is 0.714. The minimum absolute atomic E-state index is 0.322. The Morgan fingerprint density at radius 2 is 2.25 bits per heavy atom. The number of thioether (sulfide) groups is 1. The molecule has 0 spiro atoms. The summed E-state index contributed by atoms with van der Waals surface area (Å²) < 4.78 is 13.8. The van der Waals surface area contributed by atoms with Crippen molar-refractivity contribution in [1.82, 2.24) is 9.97 Å². The van der Waals surface area contributed by atoms with Crippen LogP contribution in [0, 0.1) is 5.82 Å². The number of halogens is 1. The van der Waals surface area contributed by atoms with Gasteiger partial charge in [0, 0.05) is 17.8 Å². The van der Waals surface area contributed by atoms with Gasteiger partial charge in [-0.05, 0) is 31.4 Å². The summed E-state index contributed by atoms with van der Waals surface area (Å²) in [6, 6.07) is 0.322. The monoisotopic (exact) mass is 298 g/mol. The maximum atomic E-state index is 13.8. The maximum Gasteiger partial charge on any atom is 0.224 e. The molecular weight excluding hydrogens is 275 g/mol. The molecule has 2 N–H and O–H groups in total. The number of aromatic nitrogens is 2. The Morgan fingerprint density at radius 3 is 3.00 bits per heavy atom. The molecule has 1 heterocycles. The Bertz CT molecular complexity index is 430. The molecule has 1 aromatic heterocycles. The molecule has 20 heavy (non-hydrogen) atoms. The van der Waals surface area contributed by atoms with Crippen LogP contribution in [0.5, 0.6) is 0 Å². The molecule has 0 amide bonds. The molecule has 6 heteroatoms. The van der Waals surface area contributed by atoms with Crippen molar-refractivity contribution in [2.24, 2.45) is 0 Å². The van der Waals surface area contributed by atoms with Gasteiger partial charge in [0.2, 0.25) is 5.95 Å². The van der Waals surface area contributed by atoms with Gasteiger partial charge >= 0.3 is 0 Å². The largest absolute Gasteiger partial charge is 0.365 e. The van der Waals surface area contributed by atoms with Gasteiger partial charge in [-0.1, -0.05) is 13.8 Å². The molecule has 1 saturated carbocycles. The first-order valence-electron chi connectivity index (χ1n) is 7.37. The summed E-state index contributed by atoms with van der Waals surface area (Å²) >= 11 is 1.99. The van der Waals surface area contributed by atoms with Crippen molar-refractivity contribution in [3.8, 4) is 0 Å². The summed E-state index contributed by atoms with van der Waals surface area (Å²) in [4.78, 5) is 8.18. The van der Waals surface area contributed by atoms with Crippen LogP contribution in [-0.2, 0) is 0 Å². The smallest absolute Gasteiger partial charge is 0.224 e. The molecule has 2 rings (SSSR count). The van der Waals surface area contributed by atoms with Gasteiger partial charge in [-0.15, -0.1) is 0 Å². The number of hydrogen-bond acceptors (Lipinski definition) is 5. The average molecular weight is 298 g/mol. The van der Waals surface area contributed by atoms with Crippen LogP contribution >= 0.6 is 11.8 Å². The Labute approximate surface area is 124 Å². The Hall–Kier alpha value is -1.04. The minimum Gasteiger partial charge on any atom is -0.365 e. The van der Waals surface area contributed by atoms with Crippen molar-refractivity contribution >= 4 is 23.5 Å². The molecular formula is C14H23FN4S. The molecule has 112 valence electrons. The minimum atomic E-state index is -0.376. The summed E-state index contributed by atoms with van der Waals surface area (Å²) in [5.41, 5.74) is 0. The lowest BCUT2D eigenvalue weighted by atomic mass is 10.2. The van der Waals surface area contributed by atoms with Crippen molar-refractivity contribution in [3.05, 3.63) is 12.0 Å². The first-order valence-corrected chi connectivity index (χ1v) is 8.42. The normalized spacial score (nSPS) is 21.9. The summed E-state index contributed by atoms with van der Waals surface area (Å²) in [6.45, 7) is 5.05. The molecule has 0 radical (unpaired) electrons. The van der Waals surface area contributed by atoms with E-state index in [2.05, 4.69) is 34.4 Å². The SMILES string of the molecule is CCCNc1ncc(F)c(NC2CCC(SCC)C2)n1. The third-order valence-corrected chi connectivity index (χ3v) is 4.64. The molecule has 2 atom stereocenters. The summed E-state index contributed by atoms with van der Waals surface area (Å²) in [6.07, 6.45) is 5.59. The van der Waals surface area contributed by atoms with Gasteiger partial charge in [0.25, 0.3) is 0 Å². The maximum absolute atomic E-state index is 13.8. The molecule has 4 nitrogen and oxygen atoms in total. The summed E-state index contributed by atoms with van der Waals surface area (Å²) in [5, 5.41) is 7.01. The predicted octanol–water partition coefficient (Wildman–Crippen LogP) is 3.52. The second kappa shape index (κ2) is 7.67. The third-order valence-electron chi connectivity index (χ3n) is 3.40. The Kier molecular flexibility index (Phi) is 5.88. The van der Waals surface area contributed by atoms with Crippen LogP contribution in [0.25, 0.3) is 0 Å². The fourth-order valence-electron chi connectivity index (χ4n) is 2.44. The molecule has 1 aliphatic rings. The second-order valence-corrected chi connectivity index (χ2v) is 6.63. The van der Waals surface area contributed by atoms with E-state index >= 15 is 0 Å². The van der Waals surface area contributed by atoms with E-state index in [0.717, 1.165) is 31.6 Å². The van der Waals surface area contributed by atoms with Crippen LogP contribution in [0.2, 0.25) is 0 Å². The Balaban J connectivity index is 1.94. The highest BCUT2D eigenvalue weighted by atomic mass is 32.2. The van der Waals surface area contributed by atoms with Crippen molar-refractivity contribution in [2.45, 2.75) is 50.8 Å². The number of nitrogens with zero attached hydrogens (tertiary/aromatic N) is 2. The average Bonchev–Trinajstić information content (AvgIpc) is 2.87. The van der Waals surface area contributed by atoms with Gasteiger partial charge in [-0.25, -0.2) is 9.37 Å². The van der Waals surface area contributed by atoms with Crippen LogP contribution in [0.1, 0.15) is 39.5 Å². The lowest BCUT2D eigenvalue weighted by molar-refractivity contribution is 0.610. The van der Waals surface area contributed by atoms with Gasteiger partial charge in [0.05, 0.1) is 6.20 Å². The molecule has 1 aromatic rings. The summed E-state index contributed by atoms with van der Waals surface area (Å²) in [5.74, 6) is 1.59. The second-order valence-electron chi connectivity index (χ2n) is 5.05. The van der Waals surface area contributed by atoms with Crippen LogP contribution in [-0.4, -0.2) is 33.6 Å². The summed E-state index contributed by atoms with van der Waals surface area (Å²) in [7, 11) is 0. The van der Waals surface area contributed by atoms with Crippen LogP contribution in [0.15, 0.2) is 6.20 Å². The molecule has 0 saturated heterocycles. The number of hydrogen-bond donors (Lipinski definition) is 2. The van der Waals surface area contributed by atoms with Crippen LogP contribution in [0.4, 0.5) is 16.2 Å². The van der Waals surface area contributed by atoms with E-state index in [1.54, 1.807) is 0 Å². The number of nitrogens with one attached hydrogen (secondary N) is 2. The molecule has 0 aliphatic heterocycles. The van der Waals surface area contributed by atoms with Gasteiger partial charge in [-0.2, -0.15) is 16.7 Å². The lowest BCUT2D eigenvalue weighted by Crippen LogP contribution is -2.19. The van der Waals surface area contributed by atoms with E-state index in [1.165, 1.54) is 12.6 Å². The quantitative estimate of drug-likeness (QED) is 0.806. The van der Waals surface area contributed by atoms with E-state index < -0.39 is 0 Å². The zero-order valence-corrected chi connectivity index (χ0v) is 13.0. The number of rotatable bonds is 7. The van der Waals surface area contributed by atoms with Crippen molar-refractivity contribution in [2.75, 3.05) is 22.9 Å². The topological polar surface area (TPSA) is 49.8 Å². The van der Waals surface area contributed by atoms with Gasteiger partial charge < -0.3 is 10.6 Å². The molecule has 2 unspecified atom stereocenters. The molecule has 1 aliphatic carbocycles. The van der Waals surface area contributed by atoms with E-state index in [0.29, 0.717) is 23.1 Å². The van der Waals surface area contributed by atoms with Crippen LogP contribution < -0.4 is 10.6 Å². The van der Waals surface area contributed by atoms with Crippen molar-refractivity contribution in [1.29, 1.82) is 0 Å². The number of anilines is 2. The van der Waals surface area contributed by atoms with Crippen molar-refractivity contribution in [3.63, 3.8) is 0 Å². The molecule has 1 fully saturated rings. The molecule has 0 bridgehead atoms. The zero-order valence-electron chi connectivity index (χ0n) is 12.2. The van der Waals surface area contributed by atoms with Crippen LogP contribution in [0.3, 0.4) is 0 Å². The predicted molar refractivity (Wildman–Crippen MR) is 84.0 cm³/mol. The van der Waals surface area contributed by atoms with E-state index in [1.807, 2.05) is 11.8 Å². The van der Waals surface area contributed by atoms with E-state index in [4.69, 9.17) is 0 Å². The van der Waals surface area contributed by atoms with E-state index in [9.17, 15) is 4.39 Å². The first-order chi connectivity index (χ1) is 9.72. The molecule has 0 aromatic carbocycles. The van der Waals surface area contributed by atoms with Crippen molar-refractivity contribution < 1.29 is 4.39 Å². The van der Waals surface area contributed by atoms with Gasteiger partial charge in [0.15, 0.2) is 11.6 Å². The highest BCUT2D eigenvalue weighted by molar-refractivity contribution is 7.99. The van der Waals surface area contributed by atoms with E-state index in [-0.39, 0.29) is 5.82 Å². The lowest BCUT2D eigenvalue weighted by Gasteiger charge is -2.15. The Morgan fingerprint density at radius 1 is 1.40 bits per heavy atom. The van der Waals surface area contributed by atoms with Gasteiger partial charge in [0.1, 0.15) is 0 Å². The first kappa shape index (κ1) is 15.4. The highest BCUT2D eigenvalue weighted by Gasteiger charge is 2.25. The third kappa shape index (κ3) is 4.23.